The molecule has 0 aromatic heterocycles. The molecule has 0 bridgehead atoms. The van der Waals surface area contributed by atoms with Crippen molar-refractivity contribution in [2.75, 3.05) is 5.32 Å². The van der Waals surface area contributed by atoms with Crippen LogP contribution in [-0.4, -0.2) is 27.6 Å². The van der Waals surface area contributed by atoms with Gasteiger partial charge in [-0.25, -0.2) is 4.79 Å². The summed E-state index contributed by atoms with van der Waals surface area (Å²) in [5.41, 5.74) is 4.31. The van der Waals surface area contributed by atoms with Crippen LogP contribution in [-0.2, 0) is 4.79 Å². The third kappa shape index (κ3) is 3.08. The van der Waals surface area contributed by atoms with Crippen molar-refractivity contribution in [1.82, 2.24) is 0 Å². The molecule has 5 N–H and O–H groups in total. The number of carbonyl (C=O) groups excluding carboxylic acids is 1. The van der Waals surface area contributed by atoms with Gasteiger partial charge in [-0.05, 0) is 45.9 Å². The Morgan fingerprint density at radius 3 is 2.20 bits per heavy atom. The number of benzene rings is 1. The molecular formula is C14H20N2O4. The van der Waals surface area contributed by atoms with Gasteiger partial charge in [-0.15, -0.1) is 0 Å². The van der Waals surface area contributed by atoms with Gasteiger partial charge in [0.1, 0.15) is 5.75 Å². The molecule has 1 aromatic carbocycles. The first-order valence-electron chi connectivity index (χ1n) is 6.13. The number of carboxylic acid groups (broad SMARTS) is 1. The minimum absolute atomic E-state index is 0.0251. The summed E-state index contributed by atoms with van der Waals surface area (Å²) in [6, 6.07) is 3.68. The number of aromatic hydroxyl groups is 1. The number of anilines is 1. The van der Waals surface area contributed by atoms with Crippen LogP contribution in [0.3, 0.4) is 0 Å². The minimum Gasteiger partial charge on any atom is -0.506 e. The predicted molar refractivity (Wildman–Crippen MR) is 75.7 cm³/mol. The van der Waals surface area contributed by atoms with E-state index in [4.69, 9.17) is 10.8 Å². The number of nitrogens with one attached hydrogen (secondary N) is 1. The van der Waals surface area contributed by atoms with Crippen LogP contribution in [0.1, 0.15) is 38.1 Å². The summed E-state index contributed by atoms with van der Waals surface area (Å²) in [7, 11) is 0. The summed E-state index contributed by atoms with van der Waals surface area (Å²) in [4.78, 5) is 23.2. The van der Waals surface area contributed by atoms with E-state index in [1.165, 1.54) is 18.2 Å². The number of phenolic OH excluding ortho intramolecular Hbond substituents is 1. The number of amides is 1. The van der Waals surface area contributed by atoms with E-state index in [0.29, 0.717) is 0 Å². The number of hydrogen-bond acceptors (Lipinski definition) is 4. The fourth-order valence-electron chi connectivity index (χ4n) is 1.34. The molecule has 0 atom stereocenters. The Labute approximate surface area is 117 Å². The number of nitrogens with two attached hydrogens (primary N) is 1. The highest BCUT2D eigenvalue weighted by Crippen LogP contribution is 2.32. The highest BCUT2D eigenvalue weighted by Gasteiger charge is 2.40. The molecule has 6 heteroatoms. The second-order valence-corrected chi connectivity index (χ2v) is 5.84. The van der Waals surface area contributed by atoms with Crippen molar-refractivity contribution in [2.24, 2.45) is 11.1 Å². The summed E-state index contributed by atoms with van der Waals surface area (Å²) < 4.78 is 0. The van der Waals surface area contributed by atoms with Crippen LogP contribution >= 0.6 is 0 Å². The Morgan fingerprint density at radius 1 is 1.20 bits per heavy atom. The van der Waals surface area contributed by atoms with Gasteiger partial charge in [-0.2, -0.15) is 0 Å². The van der Waals surface area contributed by atoms with Crippen molar-refractivity contribution in [2.45, 2.75) is 33.2 Å². The fraction of sp³-hybridized carbons (Fsp3) is 0.429. The van der Waals surface area contributed by atoms with Gasteiger partial charge in [0.2, 0.25) is 5.91 Å². The van der Waals surface area contributed by atoms with Crippen molar-refractivity contribution in [1.29, 1.82) is 0 Å². The quantitative estimate of drug-likeness (QED) is 0.628. The van der Waals surface area contributed by atoms with E-state index < -0.39 is 22.8 Å². The number of hydrogen-bond donors (Lipinski definition) is 4. The average molecular weight is 280 g/mol. The largest absolute Gasteiger partial charge is 0.506 e. The molecule has 6 nitrogen and oxygen atoms in total. The lowest BCUT2D eigenvalue weighted by molar-refractivity contribution is -0.126. The lowest BCUT2D eigenvalue weighted by Crippen LogP contribution is -2.53. The van der Waals surface area contributed by atoms with E-state index in [2.05, 4.69) is 5.32 Å². The first-order chi connectivity index (χ1) is 8.96. The summed E-state index contributed by atoms with van der Waals surface area (Å²) in [5.74, 6) is -1.74. The standard InChI is InChI=1S/C14H20N2O4/c1-13(2,14(3,4)15)12(20)16-9-7-8(11(18)19)5-6-10(9)17/h5-7,17H,15H2,1-4H3,(H,16,20)(H,18,19). The number of carbonyl (C=O) groups is 2. The SMILES string of the molecule is CC(C)(N)C(C)(C)C(=O)Nc1cc(C(=O)O)ccc1O. The molecule has 20 heavy (non-hydrogen) atoms. The molecule has 0 aliphatic rings. The highest BCUT2D eigenvalue weighted by molar-refractivity contribution is 5.98. The lowest BCUT2D eigenvalue weighted by atomic mass is 9.74. The summed E-state index contributed by atoms with van der Waals surface area (Å²) in [5, 5.41) is 21.1. The molecular weight excluding hydrogens is 260 g/mol. The number of aromatic carboxylic acids is 1. The normalized spacial score (nSPS) is 12.1. The van der Waals surface area contributed by atoms with E-state index in [1.807, 2.05) is 0 Å². The molecule has 0 aliphatic heterocycles. The molecule has 0 spiro atoms. The molecule has 110 valence electrons. The summed E-state index contributed by atoms with van der Waals surface area (Å²) in [6.45, 7) is 6.81. The van der Waals surface area contributed by atoms with Gasteiger partial charge >= 0.3 is 5.97 Å². The van der Waals surface area contributed by atoms with Gasteiger partial charge in [0.05, 0.1) is 16.7 Å². The number of rotatable bonds is 4. The van der Waals surface area contributed by atoms with Crippen LogP contribution < -0.4 is 11.1 Å². The molecule has 0 aliphatic carbocycles. The number of phenols is 1. The minimum atomic E-state index is -1.14. The van der Waals surface area contributed by atoms with Gasteiger partial charge in [0.25, 0.3) is 0 Å². The van der Waals surface area contributed by atoms with Gasteiger partial charge in [0, 0.05) is 5.54 Å². The van der Waals surface area contributed by atoms with Crippen molar-refractivity contribution in [3.8, 4) is 5.75 Å². The average Bonchev–Trinajstić information content (AvgIpc) is 2.29. The Kier molecular flexibility index (Phi) is 4.10. The smallest absolute Gasteiger partial charge is 0.335 e. The maximum absolute atomic E-state index is 12.3. The van der Waals surface area contributed by atoms with Crippen LogP contribution in [0.25, 0.3) is 0 Å². The van der Waals surface area contributed by atoms with Gasteiger partial charge in [-0.3, -0.25) is 4.79 Å². The van der Waals surface area contributed by atoms with E-state index >= 15 is 0 Å². The molecule has 1 rings (SSSR count). The van der Waals surface area contributed by atoms with Crippen molar-refractivity contribution < 1.29 is 19.8 Å². The predicted octanol–water partition coefficient (Wildman–Crippen LogP) is 1.79. The van der Waals surface area contributed by atoms with Crippen LogP contribution in [0.4, 0.5) is 5.69 Å². The maximum atomic E-state index is 12.3. The Morgan fingerprint density at radius 2 is 1.75 bits per heavy atom. The van der Waals surface area contributed by atoms with Crippen LogP contribution in [0.15, 0.2) is 18.2 Å². The second kappa shape index (κ2) is 5.13. The zero-order valence-corrected chi connectivity index (χ0v) is 12.0. The van der Waals surface area contributed by atoms with E-state index in [0.717, 1.165) is 0 Å². The zero-order chi connectivity index (χ0) is 15.7. The fourth-order valence-corrected chi connectivity index (χ4v) is 1.34. The molecule has 0 saturated carbocycles. The van der Waals surface area contributed by atoms with E-state index in [9.17, 15) is 14.7 Å². The Bertz CT molecular complexity index is 545. The molecule has 0 heterocycles. The second-order valence-electron chi connectivity index (χ2n) is 5.84. The third-order valence-corrected chi connectivity index (χ3v) is 3.67. The molecule has 0 radical (unpaired) electrons. The van der Waals surface area contributed by atoms with Crippen LogP contribution in [0.2, 0.25) is 0 Å². The van der Waals surface area contributed by atoms with Gasteiger partial charge in [-0.1, -0.05) is 0 Å². The summed E-state index contributed by atoms with van der Waals surface area (Å²) in [6.07, 6.45) is 0. The first-order valence-corrected chi connectivity index (χ1v) is 6.13. The molecule has 1 amide bonds. The monoisotopic (exact) mass is 280 g/mol. The maximum Gasteiger partial charge on any atom is 0.335 e. The van der Waals surface area contributed by atoms with Gasteiger partial charge < -0.3 is 21.3 Å². The summed E-state index contributed by atoms with van der Waals surface area (Å²) >= 11 is 0. The molecule has 0 saturated heterocycles. The molecule has 0 unspecified atom stereocenters. The molecule has 0 fully saturated rings. The zero-order valence-electron chi connectivity index (χ0n) is 12.0. The van der Waals surface area contributed by atoms with Crippen LogP contribution in [0.5, 0.6) is 5.75 Å². The van der Waals surface area contributed by atoms with E-state index in [1.54, 1.807) is 27.7 Å². The topological polar surface area (TPSA) is 113 Å². The molecule has 1 aromatic rings. The van der Waals surface area contributed by atoms with Crippen LogP contribution in [0, 0.1) is 5.41 Å². The first kappa shape index (κ1) is 16.0. The number of carboxylic acids is 1. The highest BCUT2D eigenvalue weighted by atomic mass is 16.4. The Balaban J connectivity index is 3.08. The van der Waals surface area contributed by atoms with Crippen molar-refractivity contribution in [3.63, 3.8) is 0 Å². The van der Waals surface area contributed by atoms with E-state index in [-0.39, 0.29) is 17.0 Å². The third-order valence-electron chi connectivity index (χ3n) is 3.67. The van der Waals surface area contributed by atoms with Crippen molar-refractivity contribution >= 4 is 17.6 Å². The Hall–Kier alpha value is -2.08. The van der Waals surface area contributed by atoms with Crippen molar-refractivity contribution in [3.05, 3.63) is 23.8 Å². The van der Waals surface area contributed by atoms with Gasteiger partial charge in [0.15, 0.2) is 0 Å². The lowest BCUT2D eigenvalue weighted by Gasteiger charge is -2.36.